The maximum atomic E-state index is 11.5. The third-order valence-electron chi connectivity index (χ3n) is 3.25. The summed E-state index contributed by atoms with van der Waals surface area (Å²) in [6, 6.07) is 8.04. The van der Waals surface area contributed by atoms with Crippen LogP contribution in [0.1, 0.15) is 39.2 Å². The van der Waals surface area contributed by atoms with E-state index in [1.54, 1.807) is 7.11 Å². The quantitative estimate of drug-likeness (QED) is 0.785. The van der Waals surface area contributed by atoms with Gasteiger partial charge in [-0.3, -0.25) is 4.79 Å². The topological polar surface area (TPSA) is 47.6 Å². The van der Waals surface area contributed by atoms with E-state index in [0.29, 0.717) is 6.42 Å². The van der Waals surface area contributed by atoms with E-state index in [0.717, 1.165) is 18.7 Å². The lowest BCUT2D eigenvalue weighted by Gasteiger charge is -2.26. The number of carbonyl (C=O) groups excluding carboxylic acids is 1. The third-order valence-corrected chi connectivity index (χ3v) is 3.25. The molecule has 0 saturated heterocycles. The molecular weight excluding hydrogens is 266 g/mol. The van der Waals surface area contributed by atoms with Crippen LogP contribution in [0.4, 0.5) is 0 Å². The zero-order chi connectivity index (χ0) is 15.9. The highest BCUT2D eigenvalue weighted by atomic mass is 16.5. The van der Waals surface area contributed by atoms with Gasteiger partial charge in [-0.1, -0.05) is 32.9 Å². The van der Waals surface area contributed by atoms with Crippen molar-refractivity contribution >= 4 is 5.97 Å². The molecule has 0 aromatic heterocycles. The molecule has 4 heteroatoms. The van der Waals surface area contributed by atoms with Gasteiger partial charge in [-0.2, -0.15) is 0 Å². The summed E-state index contributed by atoms with van der Waals surface area (Å²) < 4.78 is 9.93. The summed E-state index contributed by atoms with van der Waals surface area (Å²) in [5.41, 5.74) is 1.32. The van der Waals surface area contributed by atoms with Crippen molar-refractivity contribution in [2.75, 3.05) is 14.2 Å². The predicted molar refractivity (Wildman–Crippen MR) is 84.3 cm³/mol. The lowest BCUT2D eigenvalue weighted by Crippen LogP contribution is -2.34. The first kappa shape index (κ1) is 17.5. The zero-order valence-electron chi connectivity index (χ0n) is 13.7. The van der Waals surface area contributed by atoms with Crippen molar-refractivity contribution < 1.29 is 14.3 Å². The number of methoxy groups -OCH3 is 2. The molecule has 1 aromatic carbocycles. The summed E-state index contributed by atoms with van der Waals surface area (Å²) in [7, 11) is 3.09. The number of ether oxygens (including phenoxy) is 2. The molecule has 1 aromatic rings. The number of nitrogens with one attached hydrogen (secondary N) is 1. The van der Waals surface area contributed by atoms with Gasteiger partial charge in [-0.15, -0.1) is 0 Å². The number of benzene rings is 1. The van der Waals surface area contributed by atoms with Gasteiger partial charge in [0.05, 0.1) is 20.6 Å². The summed E-state index contributed by atoms with van der Waals surface area (Å²) >= 11 is 0. The lowest BCUT2D eigenvalue weighted by molar-refractivity contribution is -0.141. The molecule has 0 aliphatic rings. The molecule has 4 nitrogen and oxygen atoms in total. The standard InChI is InChI=1S/C17H27NO3/c1-17(2,3)11-14(10-16(19)21-5)18-12-13-6-8-15(20-4)9-7-13/h6-9,14,18H,10-12H2,1-5H3. The second-order valence-electron chi connectivity index (χ2n) is 6.47. The fraction of sp³-hybridized carbons (Fsp3) is 0.588. The van der Waals surface area contributed by atoms with Crippen LogP contribution in [0.2, 0.25) is 0 Å². The van der Waals surface area contributed by atoms with E-state index < -0.39 is 0 Å². The van der Waals surface area contributed by atoms with Crippen molar-refractivity contribution in [3.05, 3.63) is 29.8 Å². The summed E-state index contributed by atoms with van der Waals surface area (Å²) in [5.74, 6) is 0.672. The van der Waals surface area contributed by atoms with Crippen LogP contribution >= 0.6 is 0 Å². The Morgan fingerprint density at radius 3 is 2.29 bits per heavy atom. The highest BCUT2D eigenvalue weighted by Gasteiger charge is 2.21. The van der Waals surface area contributed by atoms with Gasteiger partial charge in [-0.05, 0) is 29.5 Å². The molecule has 0 aliphatic carbocycles. The van der Waals surface area contributed by atoms with Crippen molar-refractivity contribution in [1.82, 2.24) is 5.32 Å². The molecule has 118 valence electrons. The molecule has 0 radical (unpaired) electrons. The minimum atomic E-state index is -0.175. The van der Waals surface area contributed by atoms with Crippen LogP contribution < -0.4 is 10.1 Å². The van der Waals surface area contributed by atoms with E-state index in [1.165, 1.54) is 12.7 Å². The Labute approximate surface area is 127 Å². The molecule has 0 spiro atoms. The monoisotopic (exact) mass is 293 g/mol. The average molecular weight is 293 g/mol. The molecule has 0 aliphatic heterocycles. The molecule has 0 fully saturated rings. The molecule has 0 bridgehead atoms. The first-order valence-electron chi connectivity index (χ1n) is 7.27. The highest BCUT2D eigenvalue weighted by molar-refractivity contribution is 5.69. The van der Waals surface area contributed by atoms with Crippen molar-refractivity contribution in [2.24, 2.45) is 5.41 Å². The van der Waals surface area contributed by atoms with Gasteiger partial charge in [0, 0.05) is 12.6 Å². The van der Waals surface area contributed by atoms with E-state index in [9.17, 15) is 4.79 Å². The molecule has 0 heterocycles. The minimum Gasteiger partial charge on any atom is -0.497 e. The van der Waals surface area contributed by atoms with E-state index in [1.807, 2.05) is 24.3 Å². The highest BCUT2D eigenvalue weighted by Crippen LogP contribution is 2.22. The van der Waals surface area contributed by atoms with Gasteiger partial charge in [0.25, 0.3) is 0 Å². The van der Waals surface area contributed by atoms with Crippen LogP contribution in [0, 0.1) is 5.41 Å². The van der Waals surface area contributed by atoms with E-state index in [4.69, 9.17) is 9.47 Å². The van der Waals surface area contributed by atoms with Gasteiger partial charge < -0.3 is 14.8 Å². The predicted octanol–water partition coefficient (Wildman–Crippen LogP) is 3.15. The van der Waals surface area contributed by atoms with Crippen molar-refractivity contribution in [2.45, 2.75) is 46.2 Å². The Morgan fingerprint density at radius 1 is 1.19 bits per heavy atom. The molecule has 1 rings (SSSR count). The zero-order valence-corrected chi connectivity index (χ0v) is 13.7. The summed E-state index contributed by atoms with van der Waals surface area (Å²) in [5, 5.41) is 3.45. The minimum absolute atomic E-state index is 0.111. The first-order valence-corrected chi connectivity index (χ1v) is 7.27. The van der Waals surface area contributed by atoms with E-state index in [-0.39, 0.29) is 17.4 Å². The second-order valence-corrected chi connectivity index (χ2v) is 6.47. The Morgan fingerprint density at radius 2 is 1.81 bits per heavy atom. The first-order chi connectivity index (χ1) is 9.84. The van der Waals surface area contributed by atoms with Gasteiger partial charge in [-0.25, -0.2) is 0 Å². The number of rotatable bonds is 7. The Balaban J connectivity index is 2.60. The number of carbonyl (C=O) groups is 1. The van der Waals surface area contributed by atoms with Crippen LogP contribution in [0.3, 0.4) is 0 Å². The van der Waals surface area contributed by atoms with Crippen LogP contribution in [0.5, 0.6) is 5.75 Å². The molecular formula is C17H27NO3. The van der Waals surface area contributed by atoms with E-state index >= 15 is 0 Å². The largest absolute Gasteiger partial charge is 0.497 e. The van der Waals surface area contributed by atoms with Crippen molar-refractivity contribution in [3.63, 3.8) is 0 Å². The third kappa shape index (κ3) is 7.14. The molecule has 21 heavy (non-hydrogen) atoms. The van der Waals surface area contributed by atoms with Crippen LogP contribution in [-0.2, 0) is 16.1 Å². The Hall–Kier alpha value is -1.55. The van der Waals surface area contributed by atoms with E-state index in [2.05, 4.69) is 26.1 Å². The molecule has 1 N–H and O–H groups in total. The maximum Gasteiger partial charge on any atom is 0.307 e. The number of esters is 1. The van der Waals surface area contributed by atoms with Gasteiger partial charge in [0.2, 0.25) is 0 Å². The van der Waals surface area contributed by atoms with Crippen molar-refractivity contribution in [3.8, 4) is 5.75 Å². The number of hydrogen-bond donors (Lipinski definition) is 1. The molecule has 0 saturated carbocycles. The molecule has 1 atom stereocenters. The fourth-order valence-corrected chi connectivity index (χ4v) is 2.25. The maximum absolute atomic E-state index is 11.5. The summed E-state index contributed by atoms with van der Waals surface area (Å²) in [6.07, 6.45) is 1.31. The fourth-order valence-electron chi connectivity index (χ4n) is 2.25. The van der Waals surface area contributed by atoms with Gasteiger partial charge >= 0.3 is 5.97 Å². The summed E-state index contributed by atoms with van der Waals surface area (Å²) in [6.45, 7) is 7.24. The Kier molecular flexibility index (Phi) is 6.69. The Bertz CT molecular complexity index is 434. The normalized spacial score (nSPS) is 12.8. The number of hydrogen-bond acceptors (Lipinski definition) is 4. The van der Waals surface area contributed by atoms with Crippen LogP contribution in [-0.4, -0.2) is 26.2 Å². The average Bonchev–Trinajstić information content (AvgIpc) is 2.43. The van der Waals surface area contributed by atoms with Gasteiger partial charge in [0.15, 0.2) is 0 Å². The van der Waals surface area contributed by atoms with Crippen molar-refractivity contribution in [1.29, 1.82) is 0 Å². The summed E-state index contributed by atoms with van der Waals surface area (Å²) in [4.78, 5) is 11.5. The van der Waals surface area contributed by atoms with Gasteiger partial charge in [0.1, 0.15) is 5.75 Å². The smallest absolute Gasteiger partial charge is 0.307 e. The SMILES string of the molecule is COC(=O)CC(CC(C)(C)C)NCc1ccc(OC)cc1. The molecule has 1 unspecified atom stereocenters. The molecule has 0 amide bonds. The second kappa shape index (κ2) is 8.03. The van der Waals surface area contributed by atoms with Crippen LogP contribution in [0.15, 0.2) is 24.3 Å². The van der Waals surface area contributed by atoms with Crippen LogP contribution in [0.25, 0.3) is 0 Å². The lowest BCUT2D eigenvalue weighted by atomic mass is 9.87.